The number of fused-ring (bicyclic) bond motifs is 2. The predicted molar refractivity (Wildman–Crippen MR) is 160 cm³/mol. The molecule has 44 heavy (non-hydrogen) atoms. The molecule has 0 saturated carbocycles. The molecule has 2 aliphatic heterocycles. The lowest BCUT2D eigenvalue weighted by atomic mass is 9.86. The molecule has 11 nitrogen and oxygen atoms in total. The maximum absolute atomic E-state index is 11.7. The fraction of sp³-hybridized carbons (Fsp3) is 0.375. The van der Waals surface area contributed by atoms with Gasteiger partial charge in [0.2, 0.25) is 16.1 Å². The summed E-state index contributed by atoms with van der Waals surface area (Å²) in [6, 6.07) is 24.3. The number of alkyl halides is 1. The molecule has 8 N–H and O–H groups in total. The van der Waals surface area contributed by atoms with Crippen molar-refractivity contribution in [3.8, 4) is 0 Å². The smallest absolute Gasteiger partial charge is 0.238 e. The third-order valence-corrected chi connectivity index (χ3v) is 9.58. The van der Waals surface area contributed by atoms with Crippen molar-refractivity contribution in [1.29, 1.82) is 0 Å². The average molecular weight is 674 g/mol. The number of benzene rings is 4. The number of halogens is 1. The minimum Gasteiger partial charge on any atom is -0.394 e. The van der Waals surface area contributed by atoms with Gasteiger partial charge in [0, 0.05) is 11.1 Å². The van der Waals surface area contributed by atoms with E-state index >= 15 is 0 Å². The third kappa shape index (κ3) is 4.96. The van der Waals surface area contributed by atoms with E-state index in [0.717, 1.165) is 16.2 Å². The highest BCUT2D eigenvalue weighted by Crippen LogP contribution is 2.51. The molecule has 2 fully saturated rings. The summed E-state index contributed by atoms with van der Waals surface area (Å²) in [6.45, 7) is -1.43. The van der Waals surface area contributed by atoms with Crippen LogP contribution in [-0.4, -0.2) is 101 Å². The average Bonchev–Trinajstić information content (AvgIpc) is 3.04. The van der Waals surface area contributed by atoms with Gasteiger partial charge >= 0.3 is 0 Å². The van der Waals surface area contributed by atoms with Gasteiger partial charge in [0.25, 0.3) is 0 Å². The van der Waals surface area contributed by atoms with E-state index < -0.39 is 72.0 Å². The monoisotopic (exact) mass is 672 g/mol. The highest BCUT2D eigenvalue weighted by molar-refractivity contribution is 9.10. The summed E-state index contributed by atoms with van der Waals surface area (Å²) < 4.78 is 15.5. The van der Waals surface area contributed by atoms with E-state index in [2.05, 4.69) is 15.9 Å². The number of rotatable bonds is 6. The lowest BCUT2D eigenvalue weighted by Crippen LogP contribution is -2.70. The molecule has 0 aliphatic carbocycles. The summed E-state index contributed by atoms with van der Waals surface area (Å²) in [7, 11) is 0. The van der Waals surface area contributed by atoms with Crippen molar-refractivity contribution < 1.29 is 55.1 Å². The van der Waals surface area contributed by atoms with Crippen LogP contribution < -0.4 is 0 Å². The Hall–Kier alpha value is -2.56. The molecule has 234 valence electrons. The van der Waals surface area contributed by atoms with Gasteiger partial charge in [-0.3, -0.25) is 0 Å². The second-order valence-electron chi connectivity index (χ2n) is 11.3. The molecule has 2 aliphatic rings. The number of ether oxygens (including phenoxy) is 3. The molecule has 2 heterocycles. The molecule has 2 saturated heterocycles. The van der Waals surface area contributed by atoms with Crippen molar-refractivity contribution in [2.75, 3.05) is 13.2 Å². The summed E-state index contributed by atoms with van der Waals surface area (Å²) in [5.74, 6) is -4.83. The first-order valence-corrected chi connectivity index (χ1v) is 14.9. The van der Waals surface area contributed by atoms with Crippen LogP contribution in [-0.2, 0) is 25.8 Å². The Morgan fingerprint density at radius 3 is 1.77 bits per heavy atom. The van der Waals surface area contributed by atoms with Gasteiger partial charge in [0.15, 0.2) is 0 Å². The van der Waals surface area contributed by atoms with Crippen LogP contribution in [0.5, 0.6) is 0 Å². The molecular weight excluding hydrogens is 640 g/mol. The summed E-state index contributed by atoms with van der Waals surface area (Å²) in [5, 5.41) is 90.6. The molecule has 10 atom stereocenters. The largest absolute Gasteiger partial charge is 0.394 e. The summed E-state index contributed by atoms with van der Waals surface area (Å²) in [4.78, 5) is 0. The van der Waals surface area contributed by atoms with E-state index in [-0.39, 0.29) is 11.1 Å². The van der Waals surface area contributed by atoms with Crippen LogP contribution >= 0.6 is 15.9 Å². The molecule has 0 aromatic heterocycles. The van der Waals surface area contributed by atoms with Gasteiger partial charge in [-0.1, -0.05) is 72.8 Å². The lowest BCUT2D eigenvalue weighted by Gasteiger charge is -2.53. The van der Waals surface area contributed by atoms with Crippen LogP contribution in [0.3, 0.4) is 0 Å². The normalized spacial score (nSPS) is 37.8. The van der Waals surface area contributed by atoms with Crippen LogP contribution in [0.1, 0.15) is 11.1 Å². The van der Waals surface area contributed by atoms with Gasteiger partial charge < -0.3 is 55.1 Å². The van der Waals surface area contributed by atoms with Crippen molar-refractivity contribution in [1.82, 2.24) is 0 Å². The second kappa shape index (κ2) is 11.7. The van der Waals surface area contributed by atoms with Crippen LogP contribution in [0.2, 0.25) is 0 Å². The second-order valence-corrected chi connectivity index (χ2v) is 12.5. The molecule has 0 spiro atoms. The Morgan fingerprint density at radius 1 is 0.636 bits per heavy atom. The fourth-order valence-electron chi connectivity index (χ4n) is 6.01. The van der Waals surface area contributed by atoms with Crippen molar-refractivity contribution in [3.05, 3.63) is 96.1 Å². The SMILES string of the molecule is OC[C@H]1O[C@](OC[C@H]2O[C@@](O)(c3ccc4ccccc4c3)[C@H](O)[C@@H](O)[C@@H]2O)(c2ccc3ccccc3c2)[C@@](O)(Br)[C@@H](O)[C@@H]1O. The zero-order valence-electron chi connectivity index (χ0n) is 23.2. The number of aliphatic hydroxyl groups is 8. The highest BCUT2D eigenvalue weighted by Gasteiger charge is 2.65. The minimum atomic E-state index is -2.53. The first kappa shape index (κ1) is 31.4. The standard InChI is InChI=1S/C32H33BrO11/c33-31(41)29(39)26(36)23(15-34)44-32(31,22-12-10-18-6-2-4-8-20(18)14-22)42-16-24-25(35)27(37)28(38)30(40,43-24)21-11-9-17-5-1-3-7-19(17)13-21/h1-14,23-29,34-41H,15-16H2/t23-,24-,25-,26-,27+,28-,29+,30+,31-,32-/m1/s1. The van der Waals surface area contributed by atoms with Crippen molar-refractivity contribution in [3.63, 3.8) is 0 Å². The molecular formula is C32H33BrO11. The quantitative estimate of drug-likeness (QED) is 0.135. The minimum absolute atomic E-state index is 0.105. The zero-order chi connectivity index (χ0) is 31.4. The van der Waals surface area contributed by atoms with E-state index in [4.69, 9.17) is 14.2 Å². The van der Waals surface area contributed by atoms with E-state index in [1.54, 1.807) is 54.6 Å². The van der Waals surface area contributed by atoms with Gasteiger partial charge in [-0.2, -0.15) is 0 Å². The lowest BCUT2D eigenvalue weighted by molar-refractivity contribution is -0.403. The van der Waals surface area contributed by atoms with Crippen LogP contribution in [0.25, 0.3) is 21.5 Å². The van der Waals surface area contributed by atoms with Gasteiger partial charge in [-0.25, -0.2) is 0 Å². The van der Waals surface area contributed by atoms with Gasteiger partial charge in [-0.05, 0) is 49.6 Å². The van der Waals surface area contributed by atoms with Gasteiger partial charge in [-0.15, -0.1) is 0 Å². The maximum atomic E-state index is 11.7. The Balaban J connectivity index is 1.39. The van der Waals surface area contributed by atoms with E-state index in [0.29, 0.717) is 5.39 Å². The van der Waals surface area contributed by atoms with Crippen molar-refractivity contribution in [2.24, 2.45) is 0 Å². The van der Waals surface area contributed by atoms with Gasteiger partial charge in [0.1, 0.15) is 42.7 Å². The summed E-state index contributed by atoms with van der Waals surface area (Å²) in [6.07, 6.45) is -12.3. The number of aliphatic hydroxyl groups excluding tert-OH is 6. The van der Waals surface area contributed by atoms with Crippen LogP contribution in [0.15, 0.2) is 84.9 Å². The van der Waals surface area contributed by atoms with E-state index in [9.17, 15) is 40.9 Å². The Bertz CT molecular complexity index is 1650. The highest BCUT2D eigenvalue weighted by atomic mass is 79.9. The molecule has 4 aromatic carbocycles. The Labute approximate surface area is 260 Å². The predicted octanol–water partition coefficient (Wildman–Crippen LogP) is 0.686. The maximum Gasteiger partial charge on any atom is 0.238 e. The molecule has 12 heteroatoms. The molecule has 0 amide bonds. The Morgan fingerprint density at radius 2 is 1.18 bits per heavy atom. The van der Waals surface area contributed by atoms with Crippen LogP contribution in [0, 0.1) is 0 Å². The van der Waals surface area contributed by atoms with Gasteiger partial charge in [0.05, 0.1) is 13.2 Å². The molecule has 6 rings (SSSR count). The first-order valence-electron chi connectivity index (χ1n) is 14.1. The zero-order valence-corrected chi connectivity index (χ0v) is 24.8. The van der Waals surface area contributed by atoms with Crippen molar-refractivity contribution >= 4 is 37.5 Å². The van der Waals surface area contributed by atoms with E-state index in [1.807, 2.05) is 24.3 Å². The first-order chi connectivity index (χ1) is 20.9. The summed E-state index contributed by atoms with van der Waals surface area (Å²) >= 11 is 3.09. The molecule has 0 unspecified atom stereocenters. The van der Waals surface area contributed by atoms with E-state index in [1.165, 1.54) is 6.07 Å². The number of hydrogen-bond acceptors (Lipinski definition) is 11. The molecule has 0 bridgehead atoms. The molecule has 4 aromatic rings. The summed E-state index contributed by atoms with van der Waals surface area (Å²) in [5.41, 5.74) is 0.268. The Kier molecular flexibility index (Phi) is 8.33. The van der Waals surface area contributed by atoms with Crippen molar-refractivity contribution in [2.45, 2.75) is 58.8 Å². The number of hydrogen-bond donors (Lipinski definition) is 8. The fourth-order valence-corrected chi connectivity index (χ4v) is 6.72. The topological polar surface area (TPSA) is 190 Å². The van der Waals surface area contributed by atoms with Crippen LogP contribution in [0.4, 0.5) is 0 Å². The third-order valence-electron chi connectivity index (χ3n) is 8.58. The molecule has 0 radical (unpaired) electrons.